The minimum Gasteiger partial charge on any atom is -0.340 e. The zero-order valence-corrected chi connectivity index (χ0v) is 15.7. The third kappa shape index (κ3) is 2.73. The van der Waals surface area contributed by atoms with Crippen LogP contribution in [0.5, 0.6) is 0 Å². The Hall–Kier alpha value is -1.14. The maximum absolute atomic E-state index is 12.7. The largest absolute Gasteiger partial charge is 0.340 e. The van der Waals surface area contributed by atoms with Crippen molar-refractivity contribution in [2.45, 2.75) is 58.7 Å². The third-order valence-corrected chi connectivity index (χ3v) is 7.12. The average molecular weight is 349 g/mol. The van der Waals surface area contributed by atoms with Crippen LogP contribution >= 0.6 is 11.3 Å². The highest BCUT2D eigenvalue weighted by Crippen LogP contribution is 2.38. The summed E-state index contributed by atoms with van der Waals surface area (Å²) in [4.78, 5) is 23.5. The van der Waals surface area contributed by atoms with Crippen LogP contribution in [-0.2, 0) is 17.8 Å². The summed E-state index contributed by atoms with van der Waals surface area (Å²) in [6, 6.07) is 1.21. The van der Waals surface area contributed by atoms with Gasteiger partial charge in [-0.05, 0) is 18.8 Å². The van der Waals surface area contributed by atoms with Crippen LogP contribution in [0.25, 0.3) is 0 Å². The maximum atomic E-state index is 12.7. The van der Waals surface area contributed by atoms with E-state index in [1.807, 2.05) is 16.2 Å². The fraction of sp³-hybridized carbons (Fsp3) is 0.778. The lowest BCUT2D eigenvalue weighted by Gasteiger charge is -2.35. The lowest BCUT2D eigenvalue weighted by Crippen LogP contribution is -2.51. The van der Waals surface area contributed by atoms with Gasteiger partial charge in [0.15, 0.2) is 5.13 Å². The fourth-order valence-electron chi connectivity index (χ4n) is 4.14. The first-order chi connectivity index (χ1) is 11.5. The van der Waals surface area contributed by atoms with Crippen LogP contribution in [0.3, 0.4) is 0 Å². The van der Waals surface area contributed by atoms with Gasteiger partial charge in [-0.2, -0.15) is 0 Å². The van der Waals surface area contributed by atoms with Crippen LogP contribution in [0.4, 0.5) is 5.13 Å². The summed E-state index contributed by atoms with van der Waals surface area (Å²) >= 11 is 1.82. The summed E-state index contributed by atoms with van der Waals surface area (Å²) in [5, 5.41) is 4.73. The molecular weight excluding hydrogens is 320 g/mol. The maximum Gasteiger partial charge on any atom is 0.225 e. The average Bonchev–Trinajstić information content (AvgIpc) is 3.10. The van der Waals surface area contributed by atoms with E-state index in [1.165, 1.54) is 28.5 Å². The molecule has 0 radical (unpaired) electrons. The second-order valence-electron chi connectivity index (χ2n) is 7.86. The molecule has 2 bridgehead atoms. The molecule has 0 aromatic carbocycles. The smallest absolute Gasteiger partial charge is 0.225 e. The van der Waals surface area contributed by atoms with Crippen LogP contribution in [0, 0.1) is 11.8 Å². The van der Waals surface area contributed by atoms with Crippen molar-refractivity contribution >= 4 is 22.4 Å². The topological polar surface area (TPSA) is 48.5 Å². The van der Waals surface area contributed by atoms with Gasteiger partial charge in [-0.15, -0.1) is 0 Å². The monoisotopic (exact) mass is 348 g/mol. The molecule has 6 heteroatoms. The number of anilines is 1. The number of hydrogen-bond donors (Lipinski definition) is 1. The Morgan fingerprint density at radius 3 is 2.62 bits per heavy atom. The molecule has 4 rings (SSSR count). The number of hydrogen-bond acceptors (Lipinski definition) is 5. The van der Waals surface area contributed by atoms with Gasteiger partial charge in [0.25, 0.3) is 0 Å². The van der Waals surface area contributed by atoms with E-state index in [1.54, 1.807) is 0 Å². The highest BCUT2D eigenvalue weighted by molar-refractivity contribution is 7.15. The van der Waals surface area contributed by atoms with Crippen molar-refractivity contribution in [1.82, 2.24) is 15.2 Å². The van der Waals surface area contributed by atoms with Crippen LogP contribution in [0.1, 0.15) is 44.2 Å². The van der Waals surface area contributed by atoms with E-state index in [-0.39, 0.29) is 5.92 Å². The van der Waals surface area contributed by atoms with E-state index >= 15 is 0 Å². The van der Waals surface area contributed by atoms with Crippen molar-refractivity contribution in [2.75, 3.05) is 24.5 Å². The Morgan fingerprint density at radius 1 is 1.25 bits per heavy atom. The van der Waals surface area contributed by atoms with Gasteiger partial charge in [0.1, 0.15) is 0 Å². The Bertz CT molecular complexity index is 613. The van der Waals surface area contributed by atoms with Gasteiger partial charge < -0.3 is 15.1 Å². The highest BCUT2D eigenvalue weighted by Gasteiger charge is 2.39. The van der Waals surface area contributed by atoms with Gasteiger partial charge in [-0.25, -0.2) is 4.98 Å². The second-order valence-corrected chi connectivity index (χ2v) is 8.92. The van der Waals surface area contributed by atoms with Gasteiger partial charge in [0.2, 0.25) is 5.91 Å². The van der Waals surface area contributed by atoms with Crippen molar-refractivity contribution in [3.05, 3.63) is 10.6 Å². The fourth-order valence-corrected chi connectivity index (χ4v) is 5.41. The number of amides is 1. The van der Waals surface area contributed by atoms with Crippen molar-refractivity contribution in [3.63, 3.8) is 0 Å². The molecule has 0 saturated carbocycles. The van der Waals surface area contributed by atoms with Crippen molar-refractivity contribution < 1.29 is 4.79 Å². The number of nitrogens with one attached hydrogen (secondary N) is 1. The van der Waals surface area contributed by atoms with Crippen LogP contribution < -0.4 is 10.2 Å². The van der Waals surface area contributed by atoms with E-state index in [4.69, 9.17) is 4.98 Å². The van der Waals surface area contributed by atoms with Crippen molar-refractivity contribution in [1.29, 1.82) is 0 Å². The summed E-state index contributed by atoms with van der Waals surface area (Å²) in [6.07, 6.45) is 3.46. The Balaban J connectivity index is 1.51. The van der Waals surface area contributed by atoms with E-state index in [0.29, 0.717) is 23.9 Å². The van der Waals surface area contributed by atoms with E-state index in [0.717, 1.165) is 32.6 Å². The normalized spacial score (nSPS) is 27.5. The van der Waals surface area contributed by atoms with Gasteiger partial charge in [-0.1, -0.05) is 32.1 Å². The summed E-state index contributed by atoms with van der Waals surface area (Å²) in [6.45, 7) is 10.0. The molecule has 2 unspecified atom stereocenters. The first kappa shape index (κ1) is 16.3. The van der Waals surface area contributed by atoms with E-state index < -0.39 is 0 Å². The highest BCUT2D eigenvalue weighted by atomic mass is 32.1. The summed E-state index contributed by atoms with van der Waals surface area (Å²) in [5.41, 5.74) is 1.23. The minimum atomic E-state index is 0.1000. The molecule has 2 saturated heterocycles. The van der Waals surface area contributed by atoms with E-state index in [2.05, 4.69) is 31.0 Å². The number of aromatic nitrogens is 1. The zero-order chi connectivity index (χ0) is 16.8. The molecule has 0 spiro atoms. The van der Waals surface area contributed by atoms with Crippen LogP contribution in [0.15, 0.2) is 0 Å². The molecule has 2 fully saturated rings. The van der Waals surface area contributed by atoms with Crippen LogP contribution in [0.2, 0.25) is 0 Å². The first-order valence-corrected chi connectivity index (χ1v) is 10.1. The minimum absolute atomic E-state index is 0.1000. The SMILES string of the molecule is CC(C)[C@H](C)C(=O)N1CCc2nc(N3C4CCC3CNC4)sc2C1. The Labute approximate surface area is 148 Å². The standard InChI is InChI=1S/C18H28N4OS/c1-11(2)12(3)17(23)21-7-6-15-16(10-21)24-18(20-15)22-13-4-5-14(22)9-19-8-13/h11-14,19H,4-10H2,1-3H3/t12-,13?,14?/m0/s1. The predicted octanol–water partition coefficient (Wildman–Crippen LogP) is 2.26. The number of carbonyl (C=O) groups excluding carboxylic acids is 1. The molecule has 1 aromatic heterocycles. The molecule has 24 heavy (non-hydrogen) atoms. The molecule has 3 atom stereocenters. The summed E-state index contributed by atoms with van der Waals surface area (Å²) < 4.78 is 0. The molecule has 1 aromatic rings. The molecule has 5 nitrogen and oxygen atoms in total. The third-order valence-electron chi connectivity index (χ3n) is 6.02. The number of rotatable bonds is 3. The molecule has 1 N–H and O–H groups in total. The van der Waals surface area contributed by atoms with Gasteiger partial charge in [0.05, 0.1) is 12.2 Å². The lowest BCUT2D eigenvalue weighted by molar-refractivity contribution is -0.137. The Kier molecular flexibility index (Phi) is 4.29. The van der Waals surface area contributed by atoms with Crippen LogP contribution in [-0.4, -0.2) is 47.5 Å². The van der Waals surface area contributed by atoms with Gasteiger partial charge >= 0.3 is 0 Å². The van der Waals surface area contributed by atoms with Crippen molar-refractivity contribution in [3.8, 4) is 0 Å². The molecule has 1 amide bonds. The molecule has 3 aliphatic rings. The van der Waals surface area contributed by atoms with E-state index in [9.17, 15) is 4.79 Å². The first-order valence-electron chi connectivity index (χ1n) is 9.31. The quantitative estimate of drug-likeness (QED) is 0.910. The molecule has 3 aliphatic heterocycles. The van der Waals surface area contributed by atoms with Gasteiger partial charge in [-0.3, -0.25) is 4.79 Å². The Morgan fingerprint density at radius 2 is 1.96 bits per heavy atom. The number of fused-ring (bicyclic) bond motifs is 3. The summed E-state index contributed by atoms with van der Waals surface area (Å²) in [5.74, 6) is 0.795. The molecule has 0 aliphatic carbocycles. The number of thiazole rings is 1. The molecule has 4 heterocycles. The molecular formula is C18H28N4OS. The predicted molar refractivity (Wildman–Crippen MR) is 97.4 cm³/mol. The number of piperazine rings is 1. The summed E-state index contributed by atoms with van der Waals surface area (Å²) in [7, 11) is 0. The number of nitrogens with zero attached hydrogens (tertiary/aromatic N) is 3. The molecule has 132 valence electrons. The van der Waals surface area contributed by atoms with Crippen molar-refractivity contribution in [2.24, 2.45) is 11.8 Å². The zero-order valence-electron chi connectivity index (χ0n) is 14.9. The second kappa shape index (κ2) is 6.30. The number of carbonyl (C=O) groups is 1. The lowest BCUT2D eigenvalue weighted by atomic mass is 9.96. The van der Waals surface area contributed by atoms with Gasteiger partial charge in [0, 0.05) is 48.9 Å².